The number of benzene rings is 2. The van der Waals surface area contributed by atoms with Gasteiger partial charge in [-0.2, -0.15) is 26.3 Å². The number of ketones is 1. The molecule has 0 unspecified atom stereocenters. The molecule has 2 aromatic rings. The summed E-state index contributed by atoms with van der Waals surface area (Å²) < 4.78 is 69.3. The molecular weight excluding hydrogens is 734 g/mol. The first-order valence-corrected chi connectivity index (χ1v) is 14.6. The maximum absolute atomic E-state index is 13.1. The number of nitrogens with two attached hydrogens (primary N) is 2. The molecule has 17 nitrogen and oxygen atoms in total. The Hall–Kier alpha value is -6.42. The van der Waals surface area contributed by atoms with E-state index in [4.69, 9.17) is 51.9 Å². The largest absolute Gasteiger partial charge is 0.491 e. The molecule has 0 saturated heterocycles. The predicted molar refractivity (Wildman–Crippen MR) is 169 cm³/mol. The number of hydrogen-bond acceptors (Lipinski definition) is 9. The van der Waals surface area contributed by atoms with E-state index >= 15 is 0 Å². The van der Waals surface area contributed by atoms with E-state index in [-0.39, 0.29) is 48.1 Å². The molecular formula is C30H32F6N6O11. The fourth-order valence-corrected chi connectivity index (χ4v) is 4.19. The van der Waals surface area contributed by atoms with E-state index in [1.807, 2.05) is 0 Å². The number of alkyl halides is 6. The number of Topliss-reactive ketones (excluding diaryl/α,β-unsaturated/α-hetero) is 1. The number of halogens is 6. The number of carboxylic acids is 4. The molecule has 1 atom stereocenters. The highest BCUT2D eigenvalue weighted by Gasteiger charge is 2.39. The lowest BCUT2D eigenvalue weighted by Gasteiger charge is -2.30. The summed E-state index contributed by atoms with van der Waals surface area (Å²) >= 11 is 0. The number of carbonyl (C=O) groups is 6. The number of aliphatic carboxylic acids is 4. The summed E-state index contributed by atoms with van der Waals surface area (Å²) in [6, 6.07) is 8.51. The molecule has 290 valence electrons. The van der Waals surface area contributed by atoms with Gasteiger partial charge in [0, 0.05) is 41.8 Å². The van der Waals surface area contributed by atoms with Crippen LogP contribution in [0, 0.1) is 10.8 Å². The molecule has 2 aromatic carbocycles. The fraction of sp³-hybridized carbons (Fsp3) is 0.333. The summed E-state index contributed by atoms with van der Waals surface area (Å²) in [5.74, 6) is -10.00. The first kappa shape index (κ1) is 44.6. The lowest BCUT2D eigenvalue weighted by atomic mass is 9.99. The molecule has 53 heavy (non-hydrogen) atoms. The van der Waals surface area contributed by atoms with Crippen molar-refractivity contribution < 1.29 is 80.3 Å². The Balaban J connectivity index is 0.000000845. The molecule has 3 rings (SSSR count). The molecule has 0 saturated carbocycles. The second-order valence-corrected chi connectivity index (χ2v) is 10.6. The molecule has 0 fully saturated rings. The lowest BCUT2D eigenvalue weighted by Crippen LogP contribution is -2.41. The van der Waals surface area contributed by atoms with E-state index in [9.17, 15) is 50.6 Å². The number of fused-ring (bicyclic) bond motifs is 1. The van der Waals surface area contributed by atoms with Crippen molar-refractivity contribution in [3.8, 4) is 5.75 Å². The fourth-order valence-electron chi connectivity index (χ4n) is 4.19. The summed E-state index contributed by atoms with van der Waals surface area (Å²) in [6.07, 6.45) is -9.40. The number of nitrogens with zero attached hydrogens (tertiary/aromatic N) is 1. The summed E-state index contributed by atoms with van der Waals surface area (Å²) in [7, 11) is 0. The van der Waals surface area contributed by atoms with Crippen molar-refractivity contribution in [3.05, 3.63) is 58.7 Å². The van der Waals surface area contributed by atoms with Crippen LogP contribution in [0.5, 0.6) is 5.75 Å². The first-order valence-electron chi connectivity index (χ1n) is 14.6. The Labute approximate surface area is 294 Å². The van der Waals surface area contributed by atoms with Gasteiger partial charge in [0.1, 0.15) is 18.2 Å². The molecule has 0 aromatic heterocycles. The molecule has 0 radical (unpaired) electrons. The topological polar surface area (TPSA) is 308 Å². The van der Waals surface area contributed by atoms with Crippen LogP contribution in [0.15, 0.2) is 36.4 Å². The lowest BCUT2D eigenvalue weighted by molar-refractivity contribution is -0.193. The molecule has 0 aliphatic carbocycles. The van der Waals surface area contributed by atoms with E-state index in [0.29, 0.717) is 18.5 Å². The average Bonchev–Trinajstić information content (AvgIpc) is 3.05. The van der Waals surface area contributed by atoms with Crippen LogP contribution >= 0.6 is 0 Å². The molecule has 1 aliphatic rings. The van der Waals surface area contributed by atoms with Gasteiger partial charge < -0.3 is 46.8 Å². The molecule has 1 aliphatic heterocycles. The van der Waals surface area contributed by atoms with Crippen LogP contribution < -0.4 is 26.4 Å². The van der Waals surface area contributed by atoms with Gasteiger partial charge in [-0.3, -0.25) is 25.2 Å². The summed E-state index contributed by atoms with van der Waals surface area (Å²) in [4.78, 5) is 66.6. The summed E-state index contributed by atoms with van der Waals surface area (Å²) in [5.41, 5.74) is 13.7. The molecule has 11 N–H and O–H groups in total. The number of carboxylic acid groups (broad SMARTS) is 4. The minimum absolute atomic E-state index is 0.0277. The number of nitrogen functional groups attached to an aromatic ring is 1. The Bertz CT molecular complexity index is 1710. The molecule has 23 heteroatoms. The average molecular weight is 767 g/mol. The van der Waals surface area contributed by atoms with Gasteiger partial charge in [0.25, 0.3) is 5.91 Å². The number of aryl methyl sites for hydroxylation is 1. The van der Waals surface area contributed by atoms with Gasteiger partial charge in [0.15, 0.2) is 5.96 Å². The molecule has 1 heterocycles. The Morgan fingerprint density at radius 3 is 1.89 bits per heavy atom. The Kier molecular flexibility index (Phi) is 16.2. The molecule has 0 spiro atoms. The maximum atomic E-state index is 13.1. The third kappa shape index (κ3) is 15.2. The van der Waals surface area contributed by atoms with Gasteiger partial charge >= 0.3 is 36.2 Å². The van der Waals surface area contributed by atoms with E-state index < -0.39 is 60.4 Å². The summed E-state index contributed by atoms with van der Waals surface area (Å²) in [6.45, 7) is 0.408. The second kappa shape index (κ2) is 19.3. The Morgan fingerprint density at radius 2 is 1.42 bits per heavy atom. The minimum Gasteiger partial charge on any atom is -0.491 e. The SMILES string of the molecule is N=C(N)c1ccc(CC(=O)C(=O)O)c(OC[C@@H](CCC(=O)O)NC(=O)c2ccc3c(c2)CCCN3C(=N)N)c1.O=C(O)C(F)(F)F.O=C(O)C(F)(F)F. The van der Waals surface area contributed by atoms with Crippen LogP contribution in [0.3, 0.4) is 0 Å². The maximum Gasteiger partial charge on any atom is 0.490 e. The Morgan fingerprint density at radius 1 is 0.868 bits per heavy atom. The van der Waals surface area contributed by atoms with E-state index in [2.05, 4.69) is 5.32 Å². The van der Waals surface area contributed by atoms with E-state index in [0.717, 1.165) is 17.7 Å². The smallest absolute Gasteiger partial charge is 0.490 e. The zero-order chi connectivity index (χ0) is 40.8. The number of amidine groups is 1. The van der Waals surface area contributed by atoms with Crippen molar-refractivity contribution in [2.45, 2.75) is 50.5 Å². The number of ether oxygens (including phenoxy) is 1. The van der Waals surface area contributed by atoms with Gasteiger partial charge in [-0.1, -0.05) is 12.1 Å². The van der Waals surface area contributed by atoms with E-state index in [1.54, 1.807) is 23.1 Å². The number of carbonyl (C=O) groups excluding carboxylic acids is 2. The predicted octanol–water partition coefficient (Wildman–Crippen LogP) is 2.12. The zero-order valence-corrected chi connectivity index (χ0v) is 27.0. The third-order valence-electron chi connectivity index (χ3n) is 6.69. The molecule has 1 amide bonds. The number of amides is 1. The van der Waals surface area contributed by atoms with Crippen molar-refractivity contribution in [2.24, 2.45) is 11.5 Å². The second-order valence-electron chi connectivity index (χ2n) is 10.6. The molecule has 0 bridgehead atoms. The van der Waals surface area contributed by atoms with Crippen LogP contribution in [0.25, 0.3) is 0 Å². The number of hydrogen-bond donors (Lipinski definition) is 9. The van der Waals surface area contributed by atoms with Crippen molar-refractivity contribution in [3.63, 3.8) is 0 Å². The minimum atomic E-state index is -5.08. The highest BCUT2D eigenvalue weighted by molar-refractivity contribution is 6.33. The first-order chi connectivity index (χ1) is 24.3. The number of rotatable bonds is 12. The number of guanidine groups is 1. The van der Waals surface area contributed by atoms with Gasteiger partial charge in [-0.25, -0.2) is 14.4 Å². The third-order valence-corrected chi connectivity index (χ3v) is 6.69. The van der Waals surface area contributed by atoms with Crippen LogP contribution in [0.4, 0.5) is 32.0 Å². The van der Waals surface area contributed by atoms with Crippen molar-refractivity contribution in [1.29, 1.82) is 10.8 Å². The zero-order valence-electron chi connectivity index (χ0n) is 27.0. The monoisotopic (exact) mass is 766 g/mol. The van der Waals surface area contributed by atoms with Crippen molar-refractivity contribution in [1.82, 2.24) is 5.32 Å². The van der Waals surface area contributed by atoms with Crippen LogP contribution in [-0.2, 0) is 36.8 Å². The van der Waals surface area contributed by atoms with Crippen molar-refractivity contribution >= 4 is 53.1 Å². The van der Waals surface area contributed by atoms with Crippen LogP contribution in [0.1, 0.15) is 46.3 Å². The quantitative estimate of drug-likeness (QED) is 0.0647. The highest BCUT2D eigenvalue weighted by Crippen LogP contribution is 2.28. The summed E-state index contributed by atoms with van der Waals surface area (Å²) in [5, 5.41) is 50.6. The van der Waals surface area contributed by atoms with Gasteiger partial charge in [0.2, 0.25) is 5.78 Å². The highest BCUT2D eigenvalue weighted by atomic mass is 19.4. The number of anilines is 1. The van der Waals surface area contributed by atoms with Gasteiger partial charge in [0.05, 0.1) is 6.04 Å². The van der Waals surface area contributed by atoms with Gasteiger partial charge in [-0.15, -0.1) is 0 Å². The van der Waals surface area contributed by atoms with Crippen LogP contribution in [-0.4, -0.2) is 99.3 Å². The normalized spacial score (nSPS) is 12.6. The standard InChI is InChI=1S/C26H30N6O7.2C2HF3O2/c27-23(28)16-4-3-15(11-20(33)25(37)38)21(12-16)39-13-18(6-8-22(34)35)31-24(36)17-5-7-19-14(10-17)2-1-9-32(19)26(29)30;2*3-2(4,5)1(6)7/h3-5,7,10,12,18H,1-2,6,8-9,11,13H2,(H3,27,28)(H3,29,30)(H,31,36)(H,34,35)(H,37,38);2*(H,6,7)/t18-;;/m1../s1. The van der Waals surface area contributed by atoms with Crippen LogP contribution in [0.2, 0.25) is 0 Å². The van der Waals surface area contributed by atoms with Crippen molar-refractivity contribution in [2.75, 3.05) is 18.1 Å². The van der Waals surface area contributed by atoms with Gasteiger partial charge in [-0.05, 0) is 49.1 Å². The number of nitrogens with one attached hydrogen (secondary N) is 3. The van der Waals surface area contributed by atoms with E-state index in [1.165, 1.54) is 18.2 Å².